The van der Waals surface area contributed by atoms with Crippen LogP contribution in [0.5, 0.6) is 0 Å². The highest BCUT2D eigenvalue weighted by atomic mass is 19.1. The normalized spacial score (nSPS) is 13.2. The zero-order valence-electron chi connectivity index (χ0n) is 18.7. The van der Waals surface area contributed by atoms with Crippen molar-refractivity contribution in [3.8, 4) is 22.5 Å². The molecule has 162 valence electrons. The van der Waals surface area contributed by atoms with Crippen LogP contribution in [0.25, 0.3) is 39.1 Å². The smallest absolute Gasteiger partial charge is 0.144 e. The van der Waals surface area contributed by atoms with Crippen molar-refractivity contribution in [2.24, 2.45) is 0 Å². The van der Waals surface area contributed by atoms with Crippen LogP contribution in [0.1, 0.15) is 24.8 Å². The van der Waals surface area contributed by atoms with Crippen molar-refractivity contribution < 1.29 is 8.81 Å². The molecule has 1 fully saturated rings. The molecule has 0 spiro atoms. The van der Waals surface area contributed by atoms with Crippen molar-refractivity contribution in [1.82, 2.24) is 5.32 Å². The predicted octanol–water partition coefficient (Wildman–Crippen LogP) is 7.09. The number of benzene rings is 3. The molecule has 1 aliphatic rings. The van der Waals surface area contributed by atoms with Crippen LogP contribution >= 0.6 is 0 Å². The van der Waals surface area contributed by atoms with Gasteiger partial charge in [0, 0.05) is 55.1 Å². The second-order valence-corrected chi connectivity index (χ2v) is 8.52. The fourth-order valence-electron chi connectivity index (χ4n) is 4.49. The number of anilines is 1. The third-order valence-corrected chi connectivity index (χ3v) is 6.29. The summed E-state index contributed by atoms with van der Waals surface area (Å²) in [6.07, 6.45) is 3.39. The van der Waals surface area contributed by atoms with Gasteiger partial charge in [0.15, 0.2) is 0 Å². The lowest BCUT2D eigenvalue weighted by molar-refractivity contribution is 0.622. The Hall–Kier alpha value is -3.53. The van der Waals surface area contributed by atoms with E-state index in [1.807, 2.05) is 27.2 Å². The van der Waals surface area contributed by atoms with Crippen LogP contribution in [-0.2, 0) is 0 Å². The first-order valence-corrected chi connectivity index (χ1v) is 11.1. The van der Waals surface area contributed by atoms with Gasteiger partial charge in [-0.25, -0.2) is 4.39 Å². The molecule has 1 saturated carbocycles. The lowest BCUT2D eigenvalue weighted by Crippen LogP contribution is -2.13. The first-order chi connectivity index (χ1) is 15.6. The van der Waals surface area contributed by atoms with Gasteiger partial charge < -0.3 is 14.6 Å². The quantitative estimate of drug-likeness (QED) is 0.369. The molecule has 4 aromatic rings. The second kappa shape index (κ2) is 8.19. The lowest BCUT2D eigenvalue weighted by atomic mass is 9.86. The van der Waals surface area contributed by atoms with Crippen molar-refractivity contribution in [3.05, 3.63) is 83.7 Å². The van der Waals surface area contributed by atoms with Gasteiger partial charge in [-0.15, -0.1) is 0 Å². The monoisotopic (exact) mass is 426 g/mol. The molecule has 0 bridgehead atoms. The van der Waals surface area contributed by atoms with Crippen molar-refractivity contribution in [3.63, 3.8) is 0 Å². The van der Waals surface area contributed by atoms with E-state index >= 15 is 0 Å². The van der Waals surface area contributed by atoms with Crippen molar-refractivity contribution >= 4 is 22.4 Å². The summed E-state index contributed by atoms with van der Waals surface area (Å²) in [6.45, 7) is 0. The van der Waals surface area contributed by atoms with Crippen LogP contribution in [0.4, 0.5) is 10.1 Å². The Morgan fingerprint density at radius 2 is 1.66 bits per heavy atom. The largest absolute Gasteiger partial charge is 0.455 e. The molecule has 1 aliphatic carbocycles. The van der Waals surface area contributed by atoms with Crippen LogP contribution < -0.4 is 10.2 Å². The summed E-state index contributed by atoms with van der Waals surface area (Å²) in [5.41, 5.74) is 8.72. The number of halogens is 1. The predicted molar refractivity (Wildman–Crippen MR) is 131 cm³/mol. The molecular formula is C28H27FN2O. The highest BCUT2D eigenvalue weighted by molar-refractivity contribution is 6.03. The zero-order valence-corrected chi connectivity index (χ0v) is 18.7. The van der Waals surface area contributed by atoms with Crippen molar-refractivity contribution in [2.75, 3.05) is 26.0 Å². The fraction of sp³-hybridized carbons (Fsp3) is 0.214. The highest BCUT2D eigenvalue weighted by Gasteiger charge is 2.25. The van der Waals surface area contributed by atoms with E-state index in [-0.39, 0.29) is 5.82 Å². The molecule has 1 aromatic heterocycles. The van der Waals surface area contributed by atoms with Crippen LogP contribution in [0.3, 0.4) is 0 Å². The summed E-state index contributed by atoms with van der Waals surface area (Å²) in [7, 11) is 6.07. The van der Waals surface area contributed by atoms with Gasteiger partial charge in [0.1, 0.15) is 17.2 Å². The average Bonchev–Trinajstić information content (AvgIpc) is 3.14. The number of rotatable bonds is 5. The summed E-state index contributed by atoms with van der Waals surface area (Å²) in [6, 6.07) is 21.4. The molecule has 0 saturated heterocycles. The van der Waals surface area contributed by atoms with Crippen LogP contribution in [0.2, 0.25) is 0 Å². The summed E-state index contributed by atoms with van der Waals surface area (Å²) in [5.74, 6) is 0.525. The third kappa shape index (κ3) is 3.46. The summed E-state index contributed by atoms with van der Waals surface area (Å²) < 4.78 is 20.1. The number of hydrogen-bond donors (Lipinski definition) is 1. The van der Waals surface area contributed by atoms with E-state index in [0.717, 1.165) is 63.2 Å². The van der Waals surface area contributed by atoms with Crippen LogP contribution in [-0.4, -0.2) is 21.1 Å². The van der Waals surface area contributed by atoms with Gasteiger partial charge in [-0.2, -0.15) is 0 Å². The summed E-state index contributed by atoms with van der Waals surface area (Å²) in [4.78, 5) is 2.12. The second-order valence-electron chi connectivity index (χ2n) is 8.52. The Labute approximate surface area is 188 Å². The molecule has 0 amide bonds. The number of fused-ring (bicyclic) bond motifs is 1. The molecular weight excluding hydrogens is 399 g/mol. The molecule has 0 unspecified atom stereocenters. The topological polar surface area (TPSA) is 28.4 Å². The molecule has 5 rings (SSSR count). The lowest BCUT2D eigenvalue weighted by Gasteiger charge is -2.23. The van der Waals surface area contributed by atoms with E-state index in [1.54, 1.807) is 12.1 Å². The van der Waals surface area contributed by atoms with Gasteiger partial charge in [-0.1, -0.05) is 30.3 Å². The Morgan fingerprint density at radius 1 is 0.938 bits per heavy atom. The van der Waals surface area contributed by atoms with E-state index < -0.39 is 0 Å². The van der Waals surface area contributed by atoms with Gasteiger partial charge in [0.25, 0.3) is 0 Å². The number of nitrogens with zero attached hydrogens (tertiary/aromatic N) is 1. The Bertz CT molecular complexity index is 1300. The minimum atomic E-state index is -0.251. The minimum absolute atomic E-state index is 0.251. The van der Waals surface area contributed by atoms with E-state index in [1.165, 1.54) is 24.1 Å². The van der Waals surface area contributed by atoms with Gasteiger partial charge in [0.05, 0.1) is 5.56 Å². The molecule has 4 heteroatoms. The first-order valence-electron chi connectivity index (χ1n) is 11.1. The van der Waals surface area contributed by atoms with Gasteiger partial charge in [-0.3, -0.25) is 0 Å². The maximum atomic E-state index is 13.6. The standard InChI is InChI=1S/C28H27FN2O/c1-30-27(19-10-7-11-19)26-23-16-22(18-8-5-4-6-9-18)24(31(2)3)17-25(23)32-28(26)20-12-14-21(29)15-13-20/h4-6,8-9,12-17,30H,7,10-11H2,1-3H3. The Morgan fingerprint density at radius 3 is 2.25 bits per heavy atom. The molecule has 0 aliphatic heterocycles. The van der Waals surface area contributed by atoms with Crippen molar-refractivity contribution in [1.29, 1.82) is 0 Å². The van der Waals surface area contributed by atoms with Crippen LogP contribution in [0, 0.1) is 5.82 Å². The van der Waals surface area contributed by atoms with Gasteiger partial charge >= 0.3 is 0 Å². The zero-order chi connectivity index (χ0) is 22.2. The SMILES string of the molecule is CNC(=C1CCC1)c1c(-c2ccc(F)cc2)oc2cc(N(C)C)c(-c3ccccc3)cc12. The minimum Gasteiger partial charge on any atom is -0.455 e. The van der Waals surface area contributed by atoms with E-state index in [0.29, 0.717) is 0 Å². The maximum Gasteiger partial charge on any atom is 0.144 e. The van der Waals surface area contributed by atoms with E-state index in [2.05, 4.69) is 46.6 Å². The summed E-state index contributed by atoms with van der Waals surface area (Å²) in [5, 5.41) is 4.52. The third-order valence-electron chi connectivity index (χ3n) is 6.29. The Kier molecular flexibility index (Phi) is 5.22. The number of nitrogens with one attached hydrogen (secondary N) is 1. The van der Waals surface area contributed by atoms with E-state index in [9.17, 15) is 4.39 Å². The van der Waals surface area contributed by atoms with Gasteiger partial charge in [-0.05, 0) is 60.7 Å². The number of furan rings is 1. The molecule has 0 radical (unpaired) electrons. The Balaban J connectivity index is 1.84. The highest BCUT2D eigenvalue weighted by Crippen LogP contribution is 2.44. The maximum absolute atomic E-state index is 13.6. The summed E-state index contributed by atoms with van der Waals surface area (Å²) >= 11 is 0. The molecule has 1 heterocycles. The number of hydrogen-bond acceptors (Lipinski definition) is 3. The molecule has 3 aromatic carbocycles. The molecule has 0 atom stereocenters. The number of allylic oxidation sites excluding steroid dienone is 1. The fourth-order valence-corrected chi connectivity index (χ4v) is 4.49. The first kappa shape index (κ1) is 20.4. The van der Waals surface area contributed by atoms with E-state index in [4.69, 9.17) is 4.42 Å². The average molecular weight is 427 g/mol. The van der Waals surface area contributed by atoms with Crippen LogP contribution in [0.15, 0.2) is 76.7 Å². The van der Waals surface area contributed by atoms with Crippen molar-refractivity contribution in [2.45, 2.75) is 19.3 Å². The molecule has 1 N–H and O–H groups in total. The molecule has 3 nitrogen and oxygen atoms in total. The van der Waals surface area contributed by atoms with Gasteiger partial charge in [0.2, 0.25) is 0 Å². The molecule has 32 heavy (non-hydrogen) atoms.